The minimum atomic E-state index is -0.622. The molecule has 1 unspecified atom stereocenters. The predicted molar refractivity (Wildman–Crippen MR) is 105 cm³/mol. The van der Waals surface area contributed by atoms with Crippen molar-refractivity contribution in [2.75, 3.05) is 19.7 Å². The Morgan fingerprint density at radius 2 is 2.12 bits per heavy atom. The van der Waals surface area contributed by atoms with Crippen LogP contribution in [0.5, 0.6) is 0 Å². The molecule has 0 radical (unpaired) electrons. The van der Waals surface area contributed by atoms with Crippen molar-refractivity contribution in [3.63, 3.8) is 0 Å². The molecule has 1 atom stereocenters. The van der Waals surface area contributed by atoms with Crippen LogP contribution in [0.2, 0.25) is 0 Å². The van der Waals surface area contributed by atoms with Gasteiger partial charge in [-0.3, -0.25) is 0 Å². The number of aliphatic hydroxyl groups excluding tert-OH is 1. The maximum atomic E-state index is 12.7. The van der Waals surface area contributed by atoms with Crippen LogP contribution < -0.4 is 0 Å². The van der Waals surface area contributed by atoms with E-state index in [9.17, 15) is 9.90 Å². The van der Waals surface area contributed by atoms with Crippen LogP contribution in [0.4, 0.5) is 4.79 Å². The second-order valence-corrected chi connectivity index (χ2v) is 6.73. The van der Waals surface area contributed by atoms with Crippen molar-refractivity contribution in [2.45, 2.75) is 51.6 Å². The van der Waals surface area contributed by atoms with Gasteiger partial charge in [-0.05, 0) is 38.2 Å². The number of hydrogen-bond acceptors (Lipinski definition) is 3. The number of allylic oxidation sites excluding steroid dienone is 3. The maximum Gasteiger partial charge on any atom is 0.410 e. The second-order valence-electron chi connectivity index (χ2n) is 6.73. The Morgan fingerprint density at radius 1 is 1.35 bits per heavy atom. The largest absolute Gasteiger partial charge is 0.438 e. The number of aliphatic hydroxyl groups is 1. The molecule has 4 heteroatoms. The molecule has 0 saturated carbocycles. The zero-order chi connectivity index (χ0) is 18.8. The summed E-state index contributed by atoms with van der Waals surface area (Å²) in [4.78, 5) is 14.5. The highest BCUT2D eigenvalue weighted by molar-refractivity contribution is 5.69. The number of carbonyl (C=O) groups excluding carboxylic acids is 1. The van der Waals surface area contributed by atoms with Gasteiger partial charge in [0.1, 0.15) is 5.60 Å². The molecule has 0 aliphatic carbocycles. The van der Waals surface area contributed by atoms with Gasteiger partial charge in [0.2, 0.25) is 0 Å². The predicted octanol–water partition coefficient (Wildman–Crippen LogP) is 4.80. The molecule has 0 bridgehead atoms. The van der Waals surface area contributed by atoms with E-state index in [0.29, 0.717) is 25.9 Å². The molecule has 1 heterocycles. The highest BCUT2D eigenvalue weighted by Crippen LogP contribution is 2.38. The fourth-order valence-corrected chi connectivity index (χ4v) is 3.52. The van der Waals surface area contributed by atoms with E-state index in [1.54, 1.807) is 4.90 Å². The summed E-state index contributed by atoms with van der Waals surface area (Å²) in [5, 5.41) is 9.26. The van der Waals surface area contributed by atoms with Crippen LogP contribution >= 0.6 is 0 Å². The van der Waals surface area contributed by atoms with Gasteiger partial charge < -0.3 is 14.7 Å². The Balaban J connectivity index is 2.06. The number of benzene rings is 1. The summed E-state index contributed by atoms with van der Waals surface area (Å²) in [5.41, 5.74) is 1.65. The van der Waals surface area contributed by atoms with Gasteiger partial charge in [-0.2, -0.15) is 0 Å². The van der Waals surface area contributed by atoms with Crippen molar-refractivity contribution in [1.29, 1.82) is 0 Å². The van der Waals surface area contributed by atoms with Crippen LogP contribution in [0.15, 0.2) is 54.1 Å². The first-order valence-corrected chi connectivity index (χ1v) is 9.61. The van der Waals surface area contributed by atoms with Crippen LogP contribution in [0.25, 0.3) is 0 Å². The molecular formula is C22H31NO3. The minimum absolute atomic E-state index is 0.102. The number of cyclic esters (lactones) is 1. The van der Waals surface area contributed by atoms with Crippen molar-refractivity contribution < 1.29 is 14.6 Å². The molecule has 26 heavy (non-hydrogen) atoms. The van der Waals surface area contributed by atoms with Crippen molar-refractivity contribution in [2.24, 2.45) is 0 Å². The lowest BCUT2D eigenvalue weighted by atomic mass is 9.84. The lowest BCUT2D eigenvalue weighted by molar-refractivity contribution is -0.0605. The molecule has 1 N–H and O–H groups in total. The van der Waals surface area contributed by atoms with Crippen molar-refractivity contribution in [1.82, 2.24) is 4.90 Å². The second kappa shape index (κ2) is 10.2. The maximum absolute atomic E-state index is 12.7. The third-order valence-corrected chi connectivity index (χ3v) is 4.88. The number of ether oxygens (including phenoxy) is 1. The molecule has 1 saturated heterocycles. The Labute approximate surface area is 157 Å². The SMILES string of the molecule is C/C=C\C(=C/CC)CCN1CCC(CCCO)(c2ccccc2)OC1=O. The first-order valence-electron chi connectivity index (χ1n) is 9.61. The highest BCUT2D eigenvalue weighted by Gasteiger charge is 2.41. The van der Waals surface area contributed by atoms with E-state index in [2.05, 4.69) is 19.1 Å². The average molecular weight is 357 g/mol. The van der Waals surface area contributed by atoms with Gasteiger partial charge in [0, 0.05) is 26.1 Å². The number of amides is 1. The minimum Gasteiger partial charge on any atom is -0.438 e. The Hall–Kier alpha value is -2.07. The molecule has 1 amide bonds. The number of nitrogens with zero attached hydrogens (tertiary/aromatic N) is 1. The van der Waals surface area contributed by atoms with Crippen LogP contribution in [0.3, 0.4) is 0 Å². The van der Waals surface area contributed by atoms with E-state index < -0.39 is 5.60 Å². The van der Waals surface area contributed by atoms with E-state index in [1.165, 1.54) is 5.57 Å². The van der Waals surface area contributed by atoms with E-state index in [4.69, 9.17) is 4.74 Å². The van der Waals surface area contributed by atoms with E-state index in [-0.39, 0.29) is 12.7 Å². The summed E-state index contributed by atoms with van der Waals surface area (Å²) in [6.07, 6.45) is 9.92. The highest BCUT2D eigenvalue weighted by atomic mass is 16.6. The molecule has 1 aliphatic heterocycles. The van der Waals surface area contributed by atoms with E-state index in [0.717, 1.165) is 24.8 Å². The molecule has 142 valence electrons. The summed E-state index contributed by atoms with van der Waals surface area (Å²) in [5.74, 6) is 0. The number of carbonyl (C=O) groups is 1. The summed E-state index contributed by atoms with van der Waals surface area (Å²) in [6, 6.07) is 9.91. The molecule has 4 nitrogen and oxygen atoms in total. The van der Waals surface area contributed by atoms with Crippen molar-refractivity contribution in [3.8, 4) is 0 Å². The fourth-order valence-electron chi connectivity index (χ4n) is 3.52. The smallest absolute Gasteiger partial charge is 0.410 e. The van der Waals surface area contributed by atoms with E-state index in [1.807, 2.05) is 43.3 Å². The molecular weight excluding hydrogens is 326 g/mol. The molecule has 1 aromatic rings. The quantitative estimate of drug-likeness (QED) is 0.646. The molecule has 1 aliphatic rings. The van der Waals surface area contributed by atoms with Gasteiger partial charge in [-0.15, -0.1) is 0 Å². The molecule has 0 spiro atoms. The average Bonchev–Trinajstić information content (AvgIpc) is 2.66. The monoisotopic (exact) mass is 357 g/mol. The summed E-state index contributed by atoms with van der Waals surface area (Å²) < 4.78 is 5.97. The third-order valence-electron chi connectivity index (χ3n) is 4.88. The lowest BCUT2D eigenvalue weighted by Crippen LogP contribution is -2.48. The Morgan fingerprint density at radius 3 is 2.73 bits per heavy atom. The summed E-state index contributed by atoms with van der Waals surface area (Å²) >= 11 is 0. The Bertz CT molecular complexity index is 624. The fraction of sp³-hybridized carbons (Fsp3) is 0.500. The first kappa shape index (κ1) is 20.2. The van der Waals surface area contributed by atoms with Crippen LogP contribution in [0, 0.1) is 0 Å². The molecule has 0 aromatic heterocycles. The Kier molecular flexibility index (Phi) is 7.92. The van der Waals surface area contributed by atoms with Gasteiger partial charge in [-0.25, -0.2) is 4.79 Å². The lowest BCUT2D eigenvalue weighted by Gasteiger charge is -2.41. The number of rotatable bonds is 9. The topological polar surface area (TPSA) is 49.8 Å². The normalized spacial score (nSPS) is 21.3. The summed E-state index contributed by atoms with van der Waals surface area (Å²) in [7, 11) is 0. The van der Waals surface area contributed by atoms with Crippen LogP contribution in [-0.2, 0) is 10.3 Å². The van der Waals surface area contributed by atoms with Gasteiger partial charge in [0.05, 0.1) is 0 Å². The van der Waals surface area contributed by atoms with Gasteiger partial charge in [-0.1, -0.05) is 61.1 Å². The van der Waals surface area contributed by atoms with Crippen molar-refractivity contribution in [3.05, 3.63) is 59.7 Å². The molecule has 2 rings (SSSR count). The van der Waals surface area contributed by atoms with Crippen LogP contribution in [-0.4, -0.2) is 35.8 Å². The van der Waals surface area contributed by atoms with Crippen LogP contribution in [0.1, 0.15) is 51.5 Å². The summed E-state index contributed by atoms with van der Waals surface area (Å²) in [6.45, 7) is 5.57. The zero-order valence-electron chi connectivity index (χ0n) is 16.0. The van der Waals surface area contributed by atoms with Gasteiger partial charge >= 0.3 is 6.09 Å². The number of hydrogen-bond donors (Lipinski definition) is 1. The van der Waals surface area contributed by atoms with Crippen molar-refractivity contribution >= 4 is 6.09 Å². The molecule has 1 fully saturated rings. The first-order chi connectivity index (χ1) is 12.6. The standard InChI is InChI=1S/C22H31NO3/c1-3-9-19(10-4-2)13-16-23-17-15-22(14-8-18-24,26-21(23)25)20-11-6-5-7-12-20/h3,5-7,9-12,24H,4,8,13-18H2,1-2H3/b9-3-,19-10+. The van der Waals surface area contributed by atoms with E-state index >= 15 is 0 Å². The third kappa shape index (κ3) is 5.21. The zero-order valence-corrected chi connectivity index (χ0v) is 16.0. The van der Waals surface area contributed by atoms with Gasteiger partial charge in [0.15, 0.2) is 0 Å². The van der Waals surface area contributed by atoms with Gasteiger partial charge in [0.25, 0.3) is 0 Å². The molecule has 1 aromatic carbocycles.